The number of hydrogen-bond acceptors (Lipinski definition) is 1. The van der Waals surface area contributed by atoms with Gasteiger partial charge in [-0.1, -0.05) is 44.5 Å². The highest BCUT2D eigenvalue weighted by Gasteiger charge is 2.24. The van der Waals surface area contributed by atoms with E-state index in [9.17, 15) is 0 Å². The molecule has 1 aliphatic heterocycles. The van der Waals surface area contributed by atoms with E-state index in [2.05, 4.69) is 19.9 Å². The van der Waals surface area contributed by atoms with Crippen molar-refractivity contribution in [3.63, 3.8) is 0 Å². The van der Waals surface area contributed by atoms with Crippen LogP contribution in [0.5, 0.6) is 0 Å². The molecule has 0 spiro atoms. The molecule has 0 amide bonds. The molecule has 0 aromatic heterocycles. The molecular weight excluding hydrogens is 208 g/mol. The number of benzene rings is 1. The van der Waals surface area contributed by atoms with Gasteiger partial charge in [-0.25, -0.2) is 0 Å². The van der Waals surface area contributed by atoms with Crippen LogP contribution in [0.4, 0.5) is 0 Å². The SMILES string of the molecule is CC.CC1c2cccc(Cl)c2CO[C@H]1C. The van der Waals surface area contributed by atoms with Crippen LogP contribution in [0.1, 0.15) is 44.7 Å². The largest absolute Gasteiger partial charge is 0.373 e. The summed E-state index contributed by atoms with van der Waals surface area (Å²) in [5, 5.41) is 0.830. The average Bonchev–Trinajstić information content (AvgIpc) is 2.27. The van der Waals surface area contributed by atoms with Gasteiger partial charge in [-0.05, 0) is 24.1 Å². The van der Waals surface area contributed by atoms with Gasteiger partial charge < -0.3 is 4.74 Å². The Bertz CT molecular complexity index is 322. The molecule has 0 fully saturated rings. The van der Waals surface area contributed by atoms with E-state index >= 15 is 0 Å². The quantitative estimate of drug-likeness (QED) is 0.638. The van der Waals surface area contributed by atoms with E-state index in [1.54, 1.807) is 0 Å². The van der Waals surface area contributed by atoms with Crippen LogP contribution >= 0.6 is 11.6 Å². The third kappa shape index (κ3) is 2.53. The van der Waals surface area contributed by atoms with Crippen LogP contribution in [0.25, 0.3) is 0 Å². The summed E-state index contributed by atoms with van der Waals surface area (Å²) in [4.78, 5) is 0. The van der Waals surface area contributed by atoms with Gasteiger partial charge in [0.25, 0.3) is 0 Å². The summed E-state index contributed by atoms with van der Waals surface area (Å²) < 4.78 is 5.61. The van der Waals surface area contributed by atoms with E-state index in [4.69, 9.17) is 16.3 Å². The van der Waals surface area contributed by atoms with Crippen molar-refractivity contribution in [2.45, 2.75) is 46.3 Å². The lowest BCUT2D eigenvalue weighted by Gasteiger charge is -2.29. The number of ether oxygens (including phenoxy) is 1. The average molecular weight is 227 g/mol. The Balaban J connectivity index is 0.000000531. The zero-order chi connectivity index (χ0) is 11.4. The van der Waals surface area contributed by atoms with E-state index in [0.29, 0.717) is 18.6 Å². The van der Waals surface area contributed by atoms with Crippen molar-refractivity contribution in [3.8, 4) is 0 Å². The Labute approximate surface area is 97.4 Å². The summed E-state index contributed by atoms with van der Waals surface area (Å²) in [7, 11) is 0. The van der Waals surface area contributed by atoms with Gasteiger partial charge in [0, 0.05) is 10.9 Å². The molecule has 15 heavy (non-hydrogen) atoms. The molecule has 1 unspecified atom stereocenters. The maximum atomic E-state index is 6.08. The monoisotopic (exact) mass is 226 g/mol. The number of rotatable bonds is 0. The van der Waals surface area contributed by atoms with Crippen molar-refractivity contribution in [2.75, 3.05) is 0 Å². The third-order valence-corrected chi connectivity index (χ3v) is 3.19. The molecular formula is C13H19ClO. The van der Waals surface area contributed by atoms with Crippen LogP contribution in [-0.2, 0) is 11.3 Å². The second-order valence-corrected chi connectivity index (χ2v) is 4.02. The number of halogens is 1. The zero-order valence-corrected chi connectivity index (χ0v) is 10.6. The number of hydrogen-bond donors (Lipinski definition) is 0. The van der Waals surface area contributed by atoms with Gasteiger partial charge in [-0.3, -0.25) is 0 Å². The Morgan fingerprint density at radius 2 is 1.93 bits per heavy atom. The first-order chi connectivity index (χ1) is 7.20. The molecule has 2 atom stereocenters. The number of fused-ring (bicyclic) bond motifs is 1. The minimum Gasteiger partial charge on any atom is -0.373 e. The highest BCUT2D eigenvalue weighted by molar-refractivity contribution is 6.31. The van der Waals surface area contributed by atoms with Crippen molar-refractivity contribution in [1.82, 2.24) is 0 Å². The first kappa shape index (κ1) is 12.5. The molecule has 1 nitrogen and oxygen atoms in total. The van der Waals surface area contributed by atoms with Crippen LogP contribution in [0.2, 0.25) is 5.02 Å². The summed E-state index contributed by atoms with van der Waals surface area (Å²) >= 11 is 6.08. The van der Waals surface area contributed by atoms with Crippen molar-refractivity contribution in [3.05, 3.63) is 34.3 Å². The summed E-state index contributed by atoms with van der Waals surface area (Å²) in [6.07, 6.45) is 0.297. The van der Waals surface area contributed by atoms with E-state index in [0.717, 1.165) is 10.6 Å². The van der Waals surface area contributed by atoms with Crippen molar-refractivity contribution < 1.29 is 4.74 Å². The Morgan fingerprint density at radius 1 is 1.27 bits per heavy atom. The highest BCUT2D eigenvalue weighted by Crippen LogP contribution is 2.34. The molecule has 0 N–H and O–H groups in total. The molecule has 1 aliphatic rings. The fraction of sp³-hybridized carbons (Fsp3) is 0.538. The van der Waals surface area contributed by atoms with Crippen molar-refractivity contribution in [2.24, 2.45) is 0 Å². The maximum absolute atomic E-state index is 6.08. The van der Waals surface area contributed by atoms with E-state index < -0.39 is 0 Å². The van der Waals surface area contributed by atoms with Gasteiger partial charge in [0.05, 0.1) is 12.7 Å². The predicted molar refractivity (Wildman–Crippen MR) is 65.5 cm³/mol. The smallest absolute Gasteiger partial charge is 0.0738 e. The van der Waals surface area contributed by atoms with Gasteiger partial charge >= 0.3 is 0 Å². The van der Waals surface area contributed by atoms with Crippen LogP contribution in [0.15, 0.2) is 18.2 Å². The lowest BCUT2D eigenvalue weighted by Crippen LogP contribution is -2.23. The maximum Gasteiger partial charge on any atom is 0.0738 e. The van der Waals surface area contributed by atoms with Crippen molar-refractivity contribution in [1.29, 1.82) is 0 Å². The predicted octanol–water partition coefficient (Wildman–Crippen LogP) is 4.39. The molecule has 0 bridgehead atoms. The van der Waals surface area contributed by atoms with Gasteiger partial charge in [0.1, 0.15) is 0 Å². The molecule has 0 saturated heterocycles. The van der Waals surface area contributed by atoms with E-state index in [1.165, 1.54) is 5.56 Å². The first-order valence-electron chi connectivity index (χ1n) is 5.59. The fourth-order valence-corrected chi connectivity index (χ4v) is 2.00. The summed E-state index contributed by atoms with van der Waals surface area (Å²) in [5.74, 6) is 0.447. The molecule has 84 valence electrons. The first-order valence-corrected chi connectivity index (χ1v) is 5.97. The molecule has 0 saturated carbocycles. The molecule has 1 aromatic carbocycles. The Hall–Kier alpha value is -0.530. The Morgan fingerprint density at radius 3 is 2.60 bits per heavy atom. The van der Waals surface area contributed by atoms with Crippen LogP contribution < -0.4 is 0 Å². The van der Waals surface area contributed by atoms with Crippen LogP contribution in [-0.4, -0.2) is 6.10 Å². The molecule has 0 aliphatic carbocycles. The third-order valence-electron chi connectivity index (χ3n) is 2.84. The Kier molecular flexibility index (Phi) is 4.62. The van der Waals surface area contributed by atoms with Gasteiger partial charge in [-0.15, -0.1) is 0 Å². The van der Waals surface area contributed by atoms with Crippen LogP contribution in [0.3, 0.4) is 0 Å². The fourth-order valence-electron chi connectivity index (χ4n) is 1.77. The van der Waals surface area contributed by atoms with E-state index in [-0.39, 0.29) is 0 Å². The van der Waals surface area contributed by atoms with Crippen molar-refractivity contribution >= 4 is 11.6 Å². The topological polar surface area (TPSA) is 9.23 Å². The summed E-state index contributed by atoms with van der Waals surface area (Å²) in [6.45, 7) is 8.94. The second kappa shape index (κ2) is 5.53. The highest BCUT2D eigenvalue weighted by atomic mass is 35.5. The molecule has 1 heterocycles. The second-order valence-electron chi connectivity index (χ2n) is 3.61. The lowest BCUT2D eigenvalue weighted by atomic mass is 9.90. The molecule has 1 aromatic rings. The zero-order valence-electron chi connectivity index (χ0n) is 9.88. The molecule has 2 heteroatoms. The van der Waals surface area contributed by atoms with E-state index in [1.807, 2.05) is 26.0 Å². The molecule has 2 rings (SSSR count). The van der Waals surface area contributed by atoms with Crippen LogP contribution in [0, 0.1) is 0 Å². The van der Waals surface area contributed by atoms with Gasteiger partial charge in [-0.2, -0.15) is 0 Å². The van der Waals surface area contributed by atoms with Gasteiger partial charge in [0.2, 0.25) is 0 Å². The normalized spacial score (nSPS) is 23.8. The minimum atomic E-state index is 0.297. The minimum absolute atomic E-state index is 0.297. The summed E-state index contributed by atoms with van der Waals surface area (Å²) in [5.41, 5.74) is 2.50. The summed E-state index contributed by atoms with van der Waals surface area (Å²) in [6, 6.07) is 6.08. The molecule has 0 radical (unpaired) electrons. The van der Waals surface area contributed by atoms with Gasteiger partial charge in [0.15, 0.2) is 0 Å². The standard InChI is InChI=1S/C11H13ClO.C2H6/c1-7-8(2)13-6-10-9(7)4-3-5-11(10)12;1-2/h3-5,7-8H,6H2,1-2H3;1-2H3/t7?,8-;/m0./s1. The lowest BCUT2D eigenvalue weighted by molar-refractivity contribution is 0.0242.